The van der Waals surface area contributed by atoms with Crippen LogP contribution in [0.25, 0.3) is 0 Å². The highest BCUT2D eigenvalue weighted by Gasteiger charge is 2.35. The van der Waals surface area contributed by atoms with Gasteiger partial charge in [-0.25, -0.2) is 0 Å². The van der Waals surface area contributed by atoms with Crippen LogP contribution in [-0.2, 0) is 0 Å². The van der Waals surface area contributed by atoms with E-state index in [4.69, 9.17) is 0 Å². The van der Waals surface area contributed by atoms with Gasteiger partial charge in [0.2, 0.25) is 0 Å². The molecule has 0 heterocycles. The van der Waals surface area contributed by atoms with Crippen molar-refractivity contribution in [3.05, 3.63) is 30.3 Å². The summed E-state index contributed by atoms with van der Waals surface area (Å²) in [5.41, 5.74) is 1.44. The normalized spacial score (nSPS) is 28.1. The quantitative estimate of drug-likeness (QED) is 0.875. The molecule has 3 rings (SSSR count). The maximum Gasteiger partial charge on any atom is 0.0371 e. The first kappa shape index (κ1) is 12.0. The van der Waals surface area contributed by atoms with E-state index in [1.165, 1.54) is 44.2 Å². The summed E-state index contributed by atoms with van der Waals surface area (Å²) in [7, 11) is 2.10. The first-order valence-electron chi connectivity index (χ1n) is 7.39. The van der Waals surface area contributed by atoms with Crippen LogP contribution in [0.4, 0.5) is 5.69 Å². The minimum Gasteiger partial charge on any atom is -0.366 e. The number of hydrogen-bond acceptors (Lipinski definition) is 2. The summed E-state index contributed by atoms with van der Waals surface area (Å²) in [5.74, 6) is 0. The van der Waals surface area contributed by atoms with Crippen molar-refractivity contribution in [2.75, 3.05) is 11.9 Å². The minimum atomic E-state index is 0.748. The lowest BCUT2D eigenvalue weighted by molar-refractivity contribution is 0.343. The smallest absolute Gasteiger partial charge is 0.0371 e. The van der Waals surface area contributed by atoms with Crippen molar-refractivity contribution >= 4 is 5.69 Å². The molecule has 0 saturated heterocycles. The van der Waals surface area contributed by atoms with Crippen LogP contribution >= 0.6 is 0 Å². The Morgan fingerprint density at radius 3 is 1.94 bits per heavy atom. The van der Waals surface area contributed by atoms with Crippen LogP contribution in [0.15, 0.2) is 30.3 Å². The number of anilines is 1. The van der Waals surface area contributed by atoms with Crippen molar-refractivity contribution in [3.8, 4) is 0 Å². The van der Waals surface area contributed by atoms with Gasteiger partial charge in [0, 0.05) is 23.8 Å². The average molecular weight is 244 g/mol. The van der Waals surface area contributed by atoms with Crippen molar-refractivity contribution in [2.45, 2.75) is 56.7 Å². The predicted molar refractivity (Wildman–Crippen MR) is 77.0 cm³/mol. The van der Waals surface area contributed by atoms with E-state index in [1.807, 2.05) is 0 Å². The Hall–Kier alpha value is -1.02. The van der Waals surface area contributed by atoms with Gasteiger partial charge in [-0.15, -0.1) is 0 Å². The molecule has 0 bridgehead atoms. The Bertz CT molecular complexity index is 364. The molecule has 2 heteroatoms. The van der Waals surface area contributed by atoms with Crippen LogP contribution < -0.4 is 10.2 Å². The van der Waals surface area contributed by atoms with Gasteiger partial charge in [-0.2, -0.15) is 0 Å². The molecule has 2 aliphatic carbocycles. The Balaban J connectivity index is 1.71. The number of hydrogen-bond donors (Lipinski definition) is 1. The lowest BCUT2D eigenvalue weighted by Gasteiger charge is -2.38. The molecule has 0 unspecified atom stereocenters. The highest BCUT2D eigenvalue weighted by Crippen LogP contribution is 2.37. The summed E-state index contributed by atoms with van der Waals surface area (Å²) < 4.78 is 0. The predicted octanol–water partition coefficient (Wildman–Crippen LogP) is 3.19. The van der Waals surface area contributed by atoms with E-state index < -0.39 is 0 Å². The van der Waals surface area contributed by atoms with E-state index in [0.717, 1.165) is 18.1 Å². The van der Waals surface area contributed by atoms with E-state index in [-0.39, 0.29) is 0 Å². The average Bonchev–Trinajstić information content (AvgIpc) is 3.26. The van der Waals surface area contributed by atoms with Crippen LogP contribution in [0.1, 0.15) is 38.5 Å². The van der Waals surface area contributed by atoms with Gasteiger partial charge < -0.3 is 10.2 Å². The van der Waals surface area contributed by atoms with Gasteiger partial charge >= 0.3 is 0 Å². The summed E-state index contributed by atoms with van der Waals surface area (Å²) in [4.78, 5) is 2.71. The maximum absolute atomic E-state index is 3.43. The molecule has 2 aliphatic rings. The van der Waals surface area contributed by atoms with Gasteiger partial charge in [0.15, 0.2) is 0 Å². The van der Waals surface area contributed by atoms with Crippen molar-refractivity contribution in [1.82, 2.24) is 5.32 Å². The Morgan fingerprint density at radius 1 is 0.889 bits per heavy atom. The highest BCUT2D eigenvalue weighted by atomic mass is 15.2. The van der Waals surface area contributed by atoms with Crippen molar-refractivity contribution in [1.29, 1.82) is 0 Å². The number of rotatable bonds is 4. The van der Waals surface area contributed by atoms with Crippen LogP contribution in [-0.4, -0.2) is 25.2 Å². The summed E-state index contributed by atoms with van der Waals surface area (Å²) in [6.45, 7) is 0. The fraction of sp³-hybridized carbons (Fsp3) is 0.625. The topological polar surface area (TPSA) is 15.3 Å². The largest absolute Gasteiger partial charge is 0.366 e. The molecule has 0 radical (unpaired) electrons. The monoisotopic (exact) mass is 244 g/mol. The van der Waals surface area contributed by atoms with Crippen LogP contribution in [0.5, 0.6) is 0 Å². The molecule has 0 aromatic heterocycles. The fourth-order valence-corrected chi connectivity index (χ4v) is 3.32. The summed E-state index contributed by atoms with van der Waals surface area (Å²) in [5, 5.41) is 3.43. The highest BCUT2D eigenvalue weighted by molar-refractivity contribution is 5.49. The van der Waals surface area contributed by atoms with Gasteiger partial charge in [0.05, 0.1) is 0 Å². The van der Waals surface area contributed by atoms with Crippen molar-refractivity contribution in [2.24, 2.45) is 0 Å². The van der Waals surface area contributed by atoms with Crippen LogP contribution in [0, 0.1) is 0 Å². The second kappa shape index (κ2) is 5.31. The Morgan fingerprint density at radius 2 is 1.44 bits per heavy atom. The summed E-state index contributed by atoms with van der Waals surface area (Å²) in [6, 6.07) is 13.4. The number of para-hydroxylation sites is 1. The molecule has 0 amide bonds. The zero-order valence-corrected chi connectivity index (χ0v) is 11.3. The third-order valence-electron chi connectivity index (χ3n) is 4.49. The molecular formula is C16H24N2. The van der Waals surface area contributed by atoms with Crippen molar-refractivity contribution in [3.63, 3.8) is 0 Å². The Labute approximate surface area is 110 Å². The molecule has 1 aromatic rings. The standard InChI is InChI=1S/C16H24N2/c1-17-13-7-9-15(10-8-13)18(16-11-12-16)14-5-3-2-4-6-14/h2-6,13,15-17H,7-12H2,1H3/t13-,15-. The van der Waals surface area contributed by atoms with E-state index in [2.05, 4.69) is 47.6 Å². The third kappa shape index (κ3) is 2.54. The number of nitrogens with zero attached hydrogens (tertiary/aromatic N) is 1. The Kier molecular flexibility index (Phi) is 3.55. The second-order valence-electron chi connectivity index (χ2n) is 5.77. The molecule has 0 aliphatic heterocycles. The molecular weight excluding hydrogens is 220 g/mol. The van der Waals surface area contributed by atoms with E-state index in [0.29, 0.717) is 0 Å². The zero-order valence-electron chi connectivity index (χ0n) is 11.3. The molecule has 98 valence electrons. The van der Waals surface area contributed by atoms with Gasteiger partial charge in [0.25, 0.3) is 0 Å². The SMILES string of the molecule is CN[C@H]1CC[C@H](N(c2ccccc2)C2CC2)CC1. The maximum atomic E-state index is 3.43. The number of benzene rings is 1. The summed E-state index contributed by atoms with van der Waals surface area (Å²) >= 11 is 0. The van der Waals surface area contributed by atoms with E-state index in [1.54, 1.807) is 0 Å². The summed E-state index contributed by atoms with van der Waals surface area (Å²) in [6.07, 6.45) is 8.13. The second-order valence-corrected chi connectivity index (χ2v) is 5.77. The molecule has 18 heavy (non-hydrogen) atoms. The van der Waals surface area contributed by atoms with Gasteiger partial charge in [-0.3, -0.25) is 0 Å². The van der Waals surface area contributed by atoms with Gasteiger partial charge in [-0.05, 0) is 57.7 Å². The van der Waals surface area contributed by atoms with E-state index in [9.17, 15) is 0 Å². The van der Waals surface area contributed by atoms with Crippen LogP contribution in [0.2, 0.25) is 0 Å². The first-order valence-corrected chi connectivity index (χ1v) is 7.39. The first-order chi connectivity index (χ1) is 8.88. The molecule has 0 spiro atoms. The number of nitrogens with one attached hydrogen (secondary N) is 1. The minimum absolute atomic E-state index is 0.748. The molecule has 2 saturated carbocycles. The van der Waals surface area contributed by atoms with Crippen molar-refractivity contribution < 1.29 is 0 Å². The lowest BCUT2D eigenvalue weighted by Crippen LogP contribution is -2.43. The lowest BCUT2D eigenvalue weighted by atomic mass is 9.90. The zero-order chi connectivity index (χ0) is 12.4. The fourth-order valence-electron chi connectivity index (χ4n) is 3.32. The van der Waals surface area contributed by atoms with Gasteiger partial charge in [0.1, 0.15) is 0 Å². The molecule has 1 aromatic carbocycles. The molecule has 0 atom stereocenters. The van der Waals surface area contributed by atoms with E-state index >= 15 is 0 Å². The molecule has 2 fully saturated rings. The van der Waals surface area contributed by atoms with Gasteiger partial charge in [-0.1, -0.05) is 18.2 Å². The molecule has 2 nitrogen and oxygen atoms in total. The molecule has 1 N–H and O–H groups in total. The van der Waals surface area contributed by atoms with Crippen LogP contribution in [0.3, 0.4) is 0 Å². The third-order valence-corrected chi connectivity index (χ3v) is 4.49.